The molecule has 1 unspecified atom stereocenters. The summed E-state index contributed by atoms with van der Waals surface area (Å²) in [4.78, 5) is 7.31. The molecule has 0 radical (unpaired) electrons. The molecule has 2 aromatic rings. The van der Waals surface area contributed by atoms with Crippen LogP contribution in [0.15, 0.2) is 46.8 Å². The van der Waals surface area contributed by atoms with Crippen molar-refractivity contribution in [3.8, 4) is 0 Å². The highest BCUT2D eigenvalue weighted by Crippen LogP contribution is 2.51. The molecule has 1 aromatic carbocycles. The van der Waals surface area contributed by atoms with Gasteiger partial charge >= 0.3 is 0 Å². The Morgan fingerprint density at radius 3 is 2.85 bits per heavy atom. The van der Waals surface area contributed by atoms with Gasteiger partial charge in [0.05, 0.1) is 12.6 Å². The summed E-state index contributed by atoms with van der Waals surface area (Å²) in [6.45, 7) is 4.78. The third-order valence-electron chi connectivity index (χ3n) is 3.52. The summed E-state index contributed by atoms with van der Waals surface area (Å²) in [5.41, 5.74) is 10.7. The Hall–Kier alpha value is -1.91. The van der Waals surface area contributed by atoms with Crippen molar-refractivity contribution in [3.05, 3.63) is 58.2 Å². The number of thioether (sulfide) groups is 1. The molecule has 0 spiro atoms. The van der Waals surface area contributed by atoms with Crippen LogP contribution in [0.2, 0.25) is 0 Å². The second kappa shape index (κ2) is 4.89. The highest BCUT2D eigenvalue weighted by molar-refractivity contribution is 8.00. The fourth-order valence-corrected chi connectivity index (χ4v) is 3.99. The SMILES string of the molecule is CC1(C)Sc2ncc(CN=[N+]=[N-])n2C1c1ccccc1. The normalized spacial score (nSPS) is 19.4. The lowest BCUT2D eigenvalue weighted by molar-refractivity contribution is 0.465. The average molecular weight is 285 g/mol. The Labute approximate surface area is 121 Å². The molecule has 1 aliphatic rings. The Bertz CT molecular complexity index is 670. The first-order valence-electron chi connectivity index (χ1n) is 6.44. The maximum atomic E-state index is 8.52. The van der Waals surface area contributed by atoms with Crippen molar-refractivity contribution in [2.45, 2.75) is 36.3 Å². The molecule has 2 heterocycles. The van der Waals surface area contributed by atoms with Gasteiger partial charge in [-0.3, -0.25) is 0 Å². The van der Waals surface area contributed by atoms with Crippen molar-refractivity contribution < 1.29 is 0 Å². The van der Waals surface area contributed by atoms with Gasteiger partial charge in [-0.05, 0) is 24.9 Å². The van der Waals surface area contributed by atoms with Gasteiger partial charge in [-0.15, -0.1) is 0 Å². The quantitative estimate of drug-likeness (QED) is 0.482. The van der Waals surface area contributed by atoms with Crippen LogP contribution in [0.3, 0.4) is 0 Å². The summed E-state index contributed by atoms with van der Waals surface area (Å²) in [5, 5.41) is 4.67. The monoisotopic (exact) mass is 285 g/mol. The number of benzene rings is 1. The molecule has 0 bridgehead atoms. The van der Waals surface area contributed by atoms with Crippen LogP contribution in [0.1, 0.15) is 31.1 Å². The smallest absolute Gasteiger partial charge is 0.169 e. The summed E-state index contributed by atoms with van der Waals surface area (Å²) >= 11 is 1.77. The molecule has 1 atom stereocenters. The molecule has 20 heavy (non-hydrogen) atoms. The first kappa shape index (κ1) is 13.1. The predicted molar refractivity (Wildman–Crippen MR) is 79.6 cm³/mol. The van der Waals surface area contributed by atoms with Gasteiger partial charge in [0, 0.05) is 21.5 Å². The van der Waals surface area contributed by atoms with E-state index in [-0.39, 0.29) is 10.8 Å². The summed E-state index contributed by atoms with van der Waals surface area (Å²) < 4.78 is 2.23. The molecule has 0 N–H and O–H groups in total. The number of hydrogen-bond donors (Lipinski definition) is 0. The molecule has 0 saturated heterocycles. The van der Waals surface area contributed by atoms with Crippen molar-refractivity contribution in [2.75, 3.05) is 0 Å². The zero-order chi connectivity index (χ0) is 14.2. The largest absolute Gasteiger partial charge is 0.314 e. The molecule has 1 aromatic heterocycles. The average Bonchev–Trinajstić information content (AvgIpc) is 2.92. The van der Waals surface area contributed by atoms with Crippen LogP contribution in [0.4, 0.5) is 0 Å². The van der Waals surface area contributed by atoms with Gasteiger partial charge in [0.25, 0.3) is 0 Å². The maximum Gasteiger partial charge on any atom is 0.169 e. The van der Waals surface area contributed by atoms with E-state index in [0.717, 1.165) is 10.9 Å². The van der Waals surface area contributed by atoms with Crippen molar-refractivity contribution in [1.29, 1.82) is 0 Å². The number of imidazole rings is 1. The lowest BCUT2D eigenvalue weighted by Gasteiger charge is -2.28. The Balaban J connectivity index is 2.10. The lowest BCUT2D eigenvalue weighted by Crippen LogP contribution is -2.26. The third kappa shape index (κ3) is 2.07. The van der Waals surface area contributed by atoms with E-state index in [1.54, 1.807) is 11.8 Å². The van der Waals surface area contributed by atoms with Crippen LogP contribution in [0, 0.1) is 0 Å². The predicted octanol–water partition coefficient (Wildman–Crippen LogP) is 4.17. The van der Waals surface area contributed by atoms with Gasteiger partial charge in [0.15, 0.2) is 5.16 Å². The van der Waals surface area contributed by atoms with Crippen LogP contribution in [0.5, 0.6) is 0 Å². The second-order valence-corrected chi connectivity index (χ2v) is 6.93. The zero-order valence-corrected chi connectivity index (χ0v) is 12.2. The summed E-state index contributed by atoms with van der Waals surface area (Å²) in [6, 6.07) is 10.6. The standard InChI is InChI=1S/C14H15N5S/c1-14(2)12(10-6-4-3-5-7-10)19-11(9-17-18-15)8-16-13(19)20-14/h3-8,12H,9H2,1-2H3. The molecule has 102 valence electrons. The van der Waals surface area contributed by atoms with Gasteiger partial charge in [-0.25, -0.2) is 4.98 Å². The maximum absolute atomic E-state index is 8.52. The van der Waals surface area contributed by atoms with E-state index in [0.29, 0.717) is 6.54 Å². The Morgan fingerprint density at radius 2 is 2.15 bits per heavy atom. The summed E-state index contributed by atoms with van der Waals surface area (Å²) in [5.74, 6) is 0. The molecule has 5 nitrogen and oxygen atoms in total. The van der Waals surface area contributed by atoms with Crippen LogP contribution in [-0.2, 0) is 6.54 Å². The highest BCUT2D eigenvalue weighted by atomic mass is 32.2. The molecule has 6 heteroatoms. The minimum absolute atomic E-state index is 0.0239. The molecule has 0 fully saturated rings. The molecule has 0 saturated carbocycles. The minimum atomic E-state index is 0.0239. The van der Waals surface area contributed by atoms with Crippen LogP contribution >= 0.6 is 11.8 Å². The Kier molecular flexibility index (Phi) is 3.20. The number of nitrogens with zero attached hydrogens (tertiary/aromatic N) is 5. The van der Waals surface area contributed by atoms with Gasteiger partial charge < -0.3 is 4.57 Å². The number of rotatable bonds is 3. The first-order valence-corrected chi connectivity index (χ1v) is 7.26. The van der Waals surface area contributed by atoms with Crippen molar-refractivity contribution >= 4 is 11.8 Å². The third-order valence-corrected chi connectivity index (χ3v) is 4.76. The van der Waals surface area contributed by atoms with Gasteiger partial charge in [0.1, 0.15) is 0 Å². The molecule has 1 aliphatic heterocycles. The number of hydrogen-bond acceptors (Lipinski definition) is 3. The van der Waals surface area contributed by atoms with E-state index < -0.39 is 0 Å². The van der Waals surface area contributed by atoms with Crippen molar-refractivity contribution in [2.24, 2.45) is 5.11 Å². The molecule has 0 aliphatic carbocycles. The van der Waals surface area contributed by atoms with Crippen LogP contribution < -0.4 is 0 Å². The van der Waals surface area contributed by atoms with E-state index in [2.05, 4.69) is 57.7 Å². The van der Waals surface area contributed by atoms with Crippen molar-refractivity contribution in [1.82, 2.24) is 9.55 Å². The van der Waals surface area contributed by atoms with Gasteiger partial charge in [-0.2, -0.15) is 0 Å². The van der Waals surface area contributed by atoms with Crippen LogP contribution in [-0.4, -0.2) is 14.3 Å². The van der Waals surface area contributed by atoms with E-state index >= 15 is 0 Å². The molecule has 3 rings (SSSR count). The molecular formula is C14H15N5S. The van der Waals surface area contributed by atoms with Crippen molar-refractivity contribution in [3.63, 3.8) is 0 Å². The van der Waals surface area contributed by atoms with Gasteiger partial charge in [0.2, 0.25) is 0 Å². The number of fused-ring (bicyclic) bond motifs is 1. The zero-order valence-electron chi connectivity index (χ0n) is 11.4. The van der Waals surface area contributed by atoms with E-state index in [1.165, 1.54) is 5.56 Å². The lowest BCUT2D eigenvalue weighted by atomic mass is 9.95. The van der Waals surface area contributed by atoms with E-state index in [9.17, 15) is 0 Å². The molecule has 0 amide bonds. The fraction of sp³-hybridized carbons (Fsp3) is 0.357. The topological polar surface area (TPSA) is 66.6 Å². The van der Waals surface area contributed by atoms with Gasteiger partial charge in [-0.1, -0.05) is 47.2 Å². The first-order chi connectivity index (χ1) is 9.63. The second-order valence-electron chi connectivity index (χ2n) is 5.31. The van der Waals surface area contributed by atoms with E-state index in [1.807, 2.05) is 12.3 Å². The summed E-state index contributed by atoms with van der Waals surface area (Å²) in [6.07, 6.45) is 1.81. The summed E-state index contributed by atoms with van der Waals surface area (Å²) in [7, 11) is 0. The number of azide groups is 1. The highest BCUT2D eigenvalue weighted by Gasteiger charge is 2.42. The Morgan fingerprint density at radius 1 is 1.40 bits per heavy atom. The molecular weight excluding hydrogens is 270 g/mol. The fourth-order valence-electron chi connectivity index (χ4n) is 2.74. The van der Waals surface area contributed by atoms with Crippen LogP contribution in [0.25, 0.3) is 10.4 Å². The minimum Gasteiger partial charge on any atom is -0.314 e. The number of aromatic nitrogens is 2. The van der Waals surface area contributed by atoms with E-state index in [4.69, 9.17) is 5.53 Å².